The molecule has 1 amide bonds. The van der Waals surface area contributed by atoms with Crippen LogP contribution in [0, 0.1) is 5.92 Å². The van der Waals surface area contributed by atoms with Gasteiger partial charge in [-0.3, -0.25) is 4.79 Å². The van der Waals surface area contributed by atoms with Crippen LogP contribution in [-0.4, -0.2) is 58.7 Å². The third kappa shape index (κ3) is 4.18. The smallest absolute Gasteiger partial charge is 0.252 e. The fourth-order valence-corrected chi connectivity index (χ4v) is 5.24. The molecular weight excluding hydrogens is 296 g/mol. The Labute approximate surface area is 138 Å². The van der Waals surface area contributed by atoms with Gasteiger partial charge in [0, 0.05) is 25.7 Å². The van der Waals surface area contributed by atoms with Gasteiger partial charge in [-0.05, 0) is 55.9 Å². The van der Waals surface area contributed by atoms with Gasteiger partial charge < -0.3 is 15.3 Å². The van der Waals surface area contributed by atoms with Crippen LogP contribution in [-0.2, 0) is 4.79 Å². The maximum Gasteiger partial charge on any atom is 0.252 e. The molecule has 2 aliphatic heterocycles. The molecule has 2 heterocycles. The van der Waals surface area contributed by atoms with Crippen LogP contribution in [0.1, 0.15) is 51.4 Å². The Morgan fingerprint density at radius 2 is 1.77 bits per heavy atom. The van der Waals surface area contributed by atoms with Crippen LogP contribution in [0.3, 0.4) is 0 Å². The third-order valence-electron chi connectivity index (χ3n) is 5.66. The van der Waals surface area contributed by atoms with Crippen molar-refractivity contribution in [2.45, 2.75) is 63.0 Å². The van der Waals surface area contributed by atoms with Crippen LogP contribution in [0.25, 0.3) is 0 Å². The molecular formula is C17H30N2O2S. The molecule has 1 saturated carbocycles. The van der Waals surface area contributed by atoms with E-state index in [1.165, 1.54) is 32.2 Å². The maximum atomic E-state index is 12.4. The number of thioether (sulfide) groups is 1. The summed E-state index contributed by atoms with van der Waals surface area (Å²) in [5.74, 6) is 2.57. The largest absolute Gasteiger partial charge is 0.380 e. The SMILES string of the molecule is O=C(NC1CCN(CC2CCCC2)CC1)C1(O)CCSCC1. The van der Waals surface area contributed by atoms with Crippen molar-refractivity contribution in [3.63, 3.8) is 0 Å². The molecule has 22 heavy (non-hydrogen) atoms. The van der Waals surface area contributed by atoms with Gasteiger partial charge in [0.1, 0.15) is 5.60 Å². The zero-order chi connectivity index (χ0) is 15.4. The minimum Gasteiger partial charge on any atom is -0.380 e. The first-order valence-corrected chi connectivity index (χ1v) is 10.1. The van der Waals surface area contributed by atoms with E-state index in [9.17, 15) is 9.90 Å². The molecule has 0 aromatic rings. The summed E-state index contributed by atoms with van der Waals surface area (Å²) in [5, 5.41) is 13.6. The van der Waals surface area contributed by atoms with E-state index in [1.54, 1.807) is 0 Å². The summed E-state index contributed by atoms with van der Waals surface area (Å²) in [7, 11) is 0. The van der Waals surface area contributed by atoms with Crippen molar-refractivity contribution in [1.29, 1.82) is 0 Å². The summed E-state index contributed by atoms with van der Waals surface area (Å²) in [6.07, 6.45) is 8.90. The third-order valence-corrected chi connectivity index (χ3v) is 6.64. The predicted octanol–water partition coefficient (Wildman–Crippen LogP) is 2.02. The van der Waals surface area contributed by atoms with Crippen LogP contribution >= 0.6 is 11.8 Å². The molecule has 3 rings (SSSR count). The van der Waals surface area contributed by atoms with Crippen LogP contribution < -0.4 is 5.32 Å². The number of aliphatic hydroxyl groups is 1. The molecule has 0 radical (unpaired) electrons. The summed E-state index contributed by atoms with van der Waals surface area (Å²) in [4.78, 5) is 14.9. The standard InChI is InChI=1S/C17H30N2O2S/c20-16(17(21)7-11-22-12-8-17)18-15-5-9-19(10-6-15)13-14-3-1-2-4-14/h14-15,21H,1-13H2,(H,18,20). The number of hydrogen-bond donors (Lipinski definition) is 2. The zero-order valence-electron chi connectivity index (χ0n) is 13.6. The summed E-state index contributed by atoms with van der Waals surface area (Å²) in [6.45, 7) is 3.44. The van der Waals surface area contributed by atoms with Gasteiger partial charge in [0.05, 0.1) is 0 Å². The van der Waals surface area contributed by atoms with Gasteiger partial charge in [0.2, 0.25) is 0 Å². The zero-order valence-corrected chi connectivity index (χ0v) is 14.4. The Morgan fingerprint density at radius 1 is 1.14 bits per heavy atom. The molecule has 0 unspecified atom stereocenters. The highest BCUT2D eigenvalue weighted by Crippen LogP contribution is 2.28. The number of rotatable bonds is 4. The molecule has 3 fully saturated rings. The number of nitrogens with zero attached hydrogens (tertiary/aromatic N) is 1. The number of carbonyl (C=O) groups is 1. The molecule has 2 N–H and O–H groups in total. The van der Waals surface area contributed by atoms with Crippen molar-refractivity contribution in [1.82, 2.24) is 10.2 Å². The predicted molar refractivity (Wildman–Crippen MR) is 91.1 cm³/mol. The fraction of sp³-hybridized carbons (Fsp3) is 0.941. The second-order valence-electron chi connectivity index (χ2n) is 7.34. The van der Waals surface area contributed by atoms with Crippen molar-refractivity contribution >= 4 is 17.7 Å². The van der Waals surface area contributed by atoms with Gasteiger partial charge in [-0.15, -0.1) is 0 Å². The van der Waals surface area contributed by atoms with Gasteiger partial charge in [0.25, 0.3) is 5.91 Å². The average molecular weight is 327 g/mol. The van der Waals surface area contributed by atoms with E-state index in [4.69, 9.17) is 0 Å². The van der Waals surface area contributed by atoms with Crippen LogP contribution in [0.4, 0.5) is 0 Å². The lowest BCUT2D eigenvalue weighted by Gasteiger charge is -2.36. The molecule has 3 aliphatic rings. The van der Waals surface area contributed by atoms with Crippen molar-refractivity contribution < 1.29 is 9.90 Å². The van der Waals surface area contributed by atoms with E-state index in [-0.39, 0.29) is 11.9 Å². The van der Waals surface area contributed by atoms with Gasteiger partial charge >= 0.3 is 0 Å². The summed E-state index contributed by atoms with van der Waals surface area (Å²) >= 11 is 1.83. The fourth-order valence-electron chi connectivity index (χ4n) is 4.07. The first-order valence-electron chi connectivity index (χ1n) is 8.99. The van der Waals surface area contributed by atoms with Crippen molar-refractivity contribution in [2.75, 3.05) is 31.1 Å². The lowest BCUT2D eigenvalue weighted by atomic mass is 9.94. The monoisotopic (exact) mass is 326 g/mol. The maximum absolute atomic E-state index is 12.4. The molecule has 5 heteroatoms. The van der Waals surface area contributed by atoms with E-state index in [0.29, 0.717) is 12.8 Å². The molecule has 1 aliphatic carbocycles. The molecule has 0 atom stereocenters. The highest BCUT2D eigenvalue weighted by atomic mass is 32.2. The molecule has 0 aromatic carbocycles. The Balaban J connectivity index is 1.40. The number of amides is 1. The minimum absolute atomic E-state index is 0.123. The van der Waals surface area contributed by atoms with Crippen LogP contribution in [0.15, 0.2) is 0 Å². The Bertz CT molecular complexity index is 371. The second kappa shape index (κ2) is 7.54. The second-order valence-corrected chi connectivity index (χ2v) is 8.57. The molecule has 0 spiro atoms. The number of carbonyl (C=O) groups excluding carboxylic acids is 1. The molecule has 4 nitrogen and oxygen atoms in total. The first-order chi connectivity index (χ1) is 10.7. The first kappa shape index (κ1) is 16.6. The topological polar surface area (TPSA) is 52.6 Å². The quantitative estimate of drug-likeness (QED) is 0.830. The number of likely N-dealkylation sites (tertiary alicyclic amines) is 1. The Morgan fingerprint density at radius 3 is 2.41 bits per heavy atom. The highest BCUT2D eigenvalue weighted by Gasteiger charge is 2.38. The normalized spacial score (nSPS) is 27.9. The van der Waals surface area contributed by atoms with Gasteiger partial charge in [-0.25, -0.2) is 0 Å². The summed E-state index contributed by atoms with van der Waals surface area (Å²) in [5.41, 5.74) is -1.10. The number of nitrogens with one attached hydrogen (secondary N) is 1. The Kier molecular flexibility index (Phi) is 5.69. The number of hydrogen-bond acceptors (Lipinski definition) is 4. The molecule has 126 valence electrons. The summed E-state index contributed by atoms with van der Waals surface area (Å²) in [6, 6.07) is 0.255. The van der Waals surface area contributed by atoms with Gasteiger partial charge in [-0.2, -0.15) is 11.8 Å². The lowest BCUT2D eigenvalue weighted by Crippen LogP contribution is -2.54. The van der Waals surface area contributed by atoms with Gasteiger partial charge in [-0.1, -0.05) is 12.8 Å². The van der Waals surface area contributed by atoms with Crippen LogP contribution in [0.2, 0.25) is 0 Å². The van der Waals surface area contributed by atoms with Crippen molar-refractivity contribution in [3.8, 4) is 0 Å². The molecule has 0 aromatic heterocycles. The number of piperidine rings is 1. The van der Waals surface area contributed by atoms with E-state index in [0.717, 1.165) is 43.4 Å². The molecule has 0 bridgehead atoms. The lowest BCUT2D eigenvalue weighted by molar-refractivity contribution is -0.141. The van der Waals surface area contributed by atoms with Crippen molar-refractivity contribution in [2.24, 2.45) is 5.92 Å². The minimum atomic E-state index is -1.10. The van der Waals surface area contributed by atoms with E-state index >= 15 is 0 Å². The van der Waals surface area contributed by atoms with E-state index in [1.807, 2.05) is 11.8 Å². The van der Waals surface area contributed by atoms with Crippen molar-refractivity contribution in [3.05, 3.63) is 0 Å². The van der Waals surface area contributed by atoms with E-state index in [2.05, 4.69) is 10.2 Å². The van der Waals surface area contributed by atoms with Gasteiger partial charge in [0.15, 0.2) is 0 Å². The molecule has 2 saturated heterocycles. The highest BCUT2D eigenvalue weighted by molar-refractivity contribution is 7.99. The van der Waals surface area contributed by atoms with Crippen LogP contribution in [0.5, 0.6) is 0 Å². The summed E-state index contributed by atoms with van der Waals surface area (Å²) < 4.78 is 0. The Hall–Kier alpha value is -0.260. The van der Waals surface area contributed by atoms with E-state index < -0.39 is 5.60 Å². The average Bonchev–Trinajstić information content (AvgIpc) is 3.03.